The zero-order chi connectivity index (χ0) is 14.8. The Hall–Kier alpha value is -1.80. The molecule has 0 radical (unpaired) electrons. The number of nitrogens with zero attached hydrogens (tertiary/aromatic N) is 2. The maximum absolute atomic E-state index is 12.4. The van der Waals surface area contributed by atoms with E-state index >= 15 is 0 Å². The van der Waals surface area contributed by atoms with E-state index in [1.54, 1.807) is 31.4 Å². The number of methoxy groups -OCH3 is 1. The van der Waals surface area contributed by atoms with E-state index in [-0.39, 0.29) is 6.54 Å². The number of hydrogen-bond donors (Lipinski definition) is 1. The number of nitrogens with one attached hydrogen (secondary N) is 1. The van der Waals surface area contributed by atoms with Crippen LogP contribution in [0, 0.1) is 0 Å². The molecule has 1 aromatic rings. The molecule has 1 saturated heterocycles. The Morgan fingerprint density at radius 2 is 1.90 bits per heavy atom. The molecule has 110 valence electrons. The van der Waals surface area contributed by atoms with Crippen LogP contribution in [0.5, 0.6) is 5.75 Å². The first kappa shape index (κ1) is 14.6. The molecule has 0 spiro atoms. The molecule has 20 heavy (non-hydrogen) atoms. The fourth-order valence-electron chi connectivity index (χ4n) is 2.01. The molecule has 1 amide bonds. The summed E-state index contributed by atoms with van der Waals surface area (Å²) in [5, 5.41) is 0. The number of ether oxygens (including phenoxy) is 1. The highest BCUT2D eigenvalue weighted by Gasteiger charge is 2.34. The van der Waals surface area contributed by atoms with Crippen molar-refractivity contribution in [1.29, 1.82) is 0 Å². The van der Waals surface area contributed by atoms with Crippen molar-refractivity contribution >= 4 is 21.8 Å². The van der Waals surface area contributed by atoms with Crippen LogP contribution in [-0.2, 0) is 15.0 Å². The molecule has 1 N–H and O–H groups in total. The quantitative estimate of drug-likeness (QED) is 0.881. The lowest BCUT2D eigenvalue weighted by Crippen LogP contribution is -2.56. The Kier molecular flexibility index (Phi) is 4.15. The highest BCUT2D eigenvalue weighted by Crippen LogP contribution is 2.25. The Balaban J connectivity index is 2.28. The molecule has 1 heterocycles. The first-order valence-electron chi connectivity index (χ1n) is 6.17. The topological polar surface area (TPSA) is 79.0 Å². The van der Waals surface area contributed by atoms with Gasteiger partial charge in [0.1, 0.15) is 5.75 Å². The molecule has 0 aromatic heterocycles. The summed E-state index contributed by atoms with van der Waals surface area (Å²) in [6, 6.07) is 6.74. The van der Waals surface area contributed by atoms with Gasteiger partial charge in [0.2, 0.25) is 5.91 Å². The molecular formula is C12H17N3O4S. The molecule has 0 atom stereocenters. The number of hydrazine groups is 1. The van der Waals surface area contributed by atoms with Gasteiger partial charge in [0, 0.05) is 20.0 Å². The Morgan fingerprint density at radius 3 is 2.45 bits per heavy atom. The number of hydrogen-bond acceptors (Lipinski definition) is 4. The summed E-state index contributed by atoms with van der Waals surface area (Å²) >= 11 is 0. The summed E-state index contributed by atoms with van der Waals surface area (Å²) in [5.74, 6) is 0.243. The lowest BCUT2D eigenvalue weighted by molar-refractivity contribution is -0.121. The maximum atomic E-state index is 12.4. The summed E-state index contributed by atoms with van der Waals surface area (Å²) in [4.78, 5) is 11.1. The van der Waals surface area contributed by atoms with Crippen LogP contribution in [0.25, 0.3) is 0 Å². The number of carbonyl (C=O) groups is 1. The van der Waals surface area contributed by atoms with Gasteiger partial charge in [-0.05, 0) is 30.7 Å². The van der Waals surface area contributed by atoms with Crippen molar-refractivity contribution in [1.82, 2.24) is 9.84 Å². The summed E-state index contributed by atoms with van der Waals surface area (Å²) in [5.41, 5.74) is 2.88. The van der Waals surface area contributed by atoms with Gasteiger partial charge in [-0.25, -0.2) is 0 Å². The average molecular weight is 299 g/mol. The SMILES string of the molecule is COc1ccc(N2CCCN(NC(C)=O)S2(=O)=O)cc1. The van der Waals surface area contributed by atoms with Crippen LogP contribution >= 0.6 is 0 Å². The monoisotopic (exact) mass is 299 g/mol. The van der Waals surface area contributed by atoms with Crippen molar-refractivity contribution in [2.45, 2.75) is 13.3 Å². The Morgan fingerprint density at radius 1 is 1.25 bits per heavy atom. The number of carbonyl (C=O) groups excluding carboxylic acids is 1. The predicted molar refractivity (Wildman–Crippen MR) is 74.4 cm³/mol. The molecule has 0 bridgehead atoms. The van der Waals surface area contributed by atoms with E-state index in [1.807, 2.05) is 0 Å². The zero-order valence-corrected chi connectivity index (χ0v) is 12.2. The van der Waals surface area contributed by atoms with Gasteiger partial charge in [-0.1, -0.05) is 4.41 Å². The third kappa shape index (κ3) is 2.86. The fourth-order valence-corrected chi connectivity index (χ4v) is 3.60. The van der Waals surface area contributed by atoms with Gasteiger partial charge < -0.3 is 4.74 Å². The molecule has 7 nitrogen and oxygen atoms in total. The third-order valence-corrected chi connectivity index (χ3v) is 4.70. The molecule has 0 unspecified atom stereocenters. The smallest absolute Gasteiger partial charge is 0.321 e. The van der Waals surface area contributed by atoms with E-state index < -0.39 is 16.1 Å². The largest absolute Gasteiger partial charge is 0.497 e. The number of rotatable bonds is 3. The minimum absolute atomic E-state index is 0.272. The lowest BCUT2D eigenvalue weighted by Gasteiger charge is -2.35. The number of amides is 1. The standard InChI is InChI=1S/C12H17N3O4S/c1-10(16)13-15-9-3-8-14(20(15,17)18)11-4-6-12(19-2)7-5-11/h4-7H,3,8-9H2,1-2H3,(H,13,16). The first-order valence-corrected chi connectivity index (χ1v) is 7.56. The number of anilines is 1. The summed E-state index contributed by atoms with van der Waals surface area (Å²) in [6.07, 6.45) is 0.630. The van der Waals surface area contributed by atoms with E-state index in [9.17, 15) is 13.2 Å². The Labute approximate surface area is 118 Å². The van der Waals surface area contributed by atoms with E-state index in [4.69, 9.17) is 4.74 Å². The van der Waals surface area contributed by atoms with Crippen LogP contribution < -0.4 is 14.5 Å². The van der Waals surface area contributed by atoms with Crippen LogP contribution in [0.3, 0.4) is 0 Å². The molecule has 1 aliphatic rings. The average Bonchev–Trinajstić information content (AvgIpc) is 2.41. The molecule has 0 saturated carbocycles. The van der Waals surface area contributed by atoms with Crippen LogP contribution in [0.1, 0.15) is 13.3 Å². The van der Waals surface area contributed by atoms with E-state index in [2.05, 4.69) is 5.43 Å². The van der Waals surface area contributed by atoms with Crippen molar-refractivity contribution < 1.29 is 17.9 Å². The molecule has 1 fully saturated rings. The van der Waals surface area contributed by atoms with E-state index in [1.165, 1.54) is 11.2 Å². The summed E-state index contributed by atoms with van der Waals surface area (Å²) in [6.45, 7) is 1.93. The van der Waals surface area contributed by atoms with E-state index in [0.29, 0.717) is 24.4 Å². The molecule has 1 aromatic carbocycles. The molecular weight excluding hydrogens is 282 g/mol. The number of benzene rings is 1. The lowest BCUT2D eigenvalue weighted by atomic mass is 10.3. The van der Waals surface area contributed by atoms with Gasteiger partial charge in [0.25, 0.3) is 0 Å². The van der Waals surface area contributed by atoms with Crippen molar-refractivity contribution in [3.63, 3.8) is 0 Å². The predicted octanol–water partition coefficient (Wildman–Crippen LogP) is 0.503. The molecule has 1 aliphatic heterocycles. The molecule has 0 aliphatic carbocycles. The van der Waals surface area contributed by atoms with Crippen molar-refractivity contribution in [2.24, 2.45) is 0 Å². The van der Waals surface area contributed by atoms with Gasteiger partial charge >= 0.3 is 10.2 Å². The van der Waals surface area contributed by atoms with Crippen LogP contribution in [0.15, 0.2) is 24.3 Å². The minimum Gasteiger partial charge on any atom is -0.497 e. The van der Waals surface area contributed by atoms with Crippen molar-refractivity contribution in [2.75, 3.05) is 24.5 Å². The first-order chi connectivity index (χ1) is 9.45. The fraction of sp³-hybridized carbons (Fsp3) is 0.417. The van der Waals surface area contributed by atoms with Crippen LogP contribution in [0.4, 0.5) is 5.69 Å². The van der Waals surface area contributed by atoms with Crippen molar-refractivity contribution in [3.05, 3.63) is 24.3 Å². The summed E-state index contributed by atoms with van der Waals surface area (Å²) < 4.78 is 32.1. The zero-order valence-electron chi connectivity index (χ0n) is 11.4. The van der Waals surface area contributed by atoms with Gasteiger partial charge in [0.15, 0.2) is 0 Å². The van der Waals surface area contributed by atoms with Crippen molar-refractivity contribution in [3.8, 4) is 5.75 Å². The second-order valence-corrected chi connectivity index (χ2v) is 6.15. The highest BCUT2D eigenvalue weighted by molar-refractivity contribution is 7.90. The maximum Gasteiger partial charge on any atom is 0.321 e. The minimum atomic E-state index is -3.74. The van der Waals surface area contributed by atoms with Crippen LogP contribution in [-0.4, -0.2) is 38.9 Å². The van der Waals surface area contributed by atoms with Gasteiger partial charge in [-0.15, -0.1) is 0 Å². The molecule has 8 heteroatoms. The van der Waals surface area contributed by atoms with E-state index in [0.717, 1.165) is 4.41 Å². The normalized spacial score (nSPS) is 18.6. The molecule has 2 rings (SSSR count). The second kappa shape index (κ2) is 5.68. The third-order valence-electron chi connectivity index (χ3n) is 2.92. The second-order valence-electron chi connectivity index (χ2n) is 4.37. The highest BCUT2D eigenvalue weighted by atomic mass is 32.2. The van der Waals surface area contributed by atoms with Gasteiger partial charge in [-0.2, -0.15) is 8.42 Å². The van der Waals surface area contributed by atoms with Gasteiger partial charge in [0.05, 0.1) is 12.8 Å². The summed E-state index contributed by atoms with van der Waals surface area (Å²) in [7, 11) is -2.19. The van der Waals surface area contributed by atoms with Crippen LogP contribution in [0.2, 0.25) is 0 Å². The van der Waals surface area contributed by atoms with Gasteiger partial charge in [-0.3, -0.25) is 14.5 Å². The Bertz CT molecular complexity index is 585.